The monoisotopic (exact) mass is 436 g/mol. The van der Waals surface area contributed by atoms with E-state index in [4.69, 9.17) is 15.2 Å². The lowest BCUT2D eigenvalue weighted by Gasteiger charge is -2.10. The first-order chi connectivity index (χ1) is 14.9. The van der Waals surface area contributed by atoms with Crippen LogP contribution in [0.1, 0.15) is 23.1 Å². The first kappa shape index (κ1) is 20.5. The number of nitrogens with two attached hydrogens (primary N) is 1. The minimum absolute atomic E-state index is 0.164. The second-order valence-corrected chi connectivity index (χ2v) is 7.84. The zero-order valence-corrected chi connectivity index (χ0v) is 17.8. The fraction of sp³-hybridized carbons (Fsp3) is 0.182. The van der Waals surface area contributed by atoms with Crippen molar-refractivity contribution in [2.75, 3.05) is 12.3 Å². The summed E-state index contributed by atoms with van der Waals surface area (Å²) in [5.74, 6) is 0.885. The fourth-order valence-electron chi connectivity index (χ4n) is 3.01. The number of carbonyl (C=O) groups is 1. The molecule has 0 atom stereocenters. The van der Waals surface area contributed by atoms with E-state index in [-0.39, 0.29) is 29.5 Å². The molecule has 0 amide bonds. The van der Waals surface area contributed by atoms with Gasteiger partial charge in [0.25, 0.3) is 5.56 Å². The summed E-state index contributed by atoms with van der Waals surface area (Å²) in [4.78, 5) is 28.9. The normalized spacial score (nSPS) is 14.8. The Morgan fingerprint density at radius 3 is 2.84 bits per heavy atom. The van der Waals surface area contributed by atoms with Crippen LogP contribution in [0.4, 0.5) is 5.82 Å². The number of nitrogen functional groups attached to an aromatic ring is 1. The Bertz CT molecular complexity index is 1320. The van der Waals surface area contributed by atoms with Crippen LogP contribution in [0.25, 0.3) is 11.0 Å². The zero-order chi connectivity index (χ0) is 22.0. The van der Waals surface area contributed by atoms with E-state index in [1.54, 1.807) is 25.2 Å². The van der Waals surface area contributed by atoms with E-state index < -0.39 is 5.56 Å². The van der Waals surface area contributed by atoms with Crippen LogP contribution in [0.2, 0.25) is 0 Å². The second-order valence-electron chi connectivity index (χ2n) is 6.79. The fourth-order valence-corrected chi connectivity index (χ4v) is 3.82. The Labute approximate surface area is 181 Å². The van der Waals surface area contributed by atoms with Gasteiger partial charge in [-0.1, -0.05) is 29.5 Å². The van der Waals surface area contributed by atoms with Crippen molar-refractivity contribution in [3.63, 3.8) is 0 Å². The van der Waals surface area contributed by atoms with Gasteiger partial charge in [-0.15, -0.1) is 0 Å². The predicted octanol–water partition coefficient (Wildman–Crippen LogP) is 3.06. The van der Waals surface area contributed by atoms with E-state index in [1.165, 1.54) is 21.9 Å². The number of hydrogen-bond acceptors (Lipinski definition) is 8. The van der Waals surface area contributed by atoms with Crippen LogP contribution >= 0.6 is 11.3 Å². The van der Waals surface area contributed by atoms with Gasteiger partial charge in [-0.25, -0.2) is 0 Å². The molecule has 9 heteroatoms. The van der Waals surface area contributed by atoms with Gasteiger partial charge in [0.05, 0.1) is 12.2 Å². The number of carbonyl (C=O) groups excluding carboxylic acids is 1. The standard InChI is InChI=1S/C22H20N4O4S/c1-3-29-18-11-14(7-8-17(18)27)10-16-20(23)26-22(24-21(16)28)31-19(25-26)12-30-15-6-4-5-13(2)9-15/h4-11H,3,12,23H2,1-2H3/b14-10-. The first-order valence-corrected chi connectivity index (χ1v) is 10.4. The summed E-state index contributed by atoms with van der Waals surface area (Å²) < 4.78 is 12.5. The lowest BCUT2D eigenvalue weighted by Crippen LogP contribution is -2.17. The quantitative estimate of drug-likeness (QED) is 0.632. The predicted molar refractivity (Wildman–Crippen MR) is 119 cm³/mol. The highest BCUT2D eigenvalue weighted by Crippen LogP contribution is 2.22. The highest BCUT2D eigenvalue weighted by Gasteiger charge is 2.16. The van der Waals surface area contributed by atoms with E-state index in [1.807, 2.05) is 31.2 Å². The van der Waals surface area contributed by atoms with Gasteiger partial charge in [0.2, 0.25) is 10.7 Å². The van der Waals surface area contributed by atoms with E-state index in [9.17, 15) is 9.59 Å². The van der Waals surface area contributed by atoms with Crippen LogP contribution in [0.5, 0.6) is 5.75 Å². The summed E-state index contributed by atoms with van der Waals surface area (Å²) in [5, 5.41) is 5.07. The molecule has 0 bridgehead atoms. The smallest absolute Gasteiger partial charge is 0.283 e. The van der Waals surface area contributed by atoms with Crippen LogP contribution in [0.3, 0.4) is 0 Å². The summed E-state index contributed by atoms with van der Waals surface area (Å²) in [6, 6.07) is 7.70. The molecule has 2 aromatic heterocycles. The molecule has 2 N–H and O–H groups in total. The van der Waals surface area contributed by atoms with Crippen molar-refractivity contribution in [1.82, 2.24) is 14.6 Å². The Morgan fingerprint density at radius 1 is 1.23 bits per heavy atom. The van der Waals surface area contributed by atoms with Gasteiger partial charge in [0.1, 0.15) is 18.2 Å². The first-order valence-electron chi connectivity index (χ1n) is 9.61. The number of aryl methyl sites for hydroxylation is 1. The third-order valence-electron chi connectivity index (χ3n) is 4.46. The van der Waals surface area contributed by atoms with Crippen molar-refractivity contribution < 1.29 is 14.3 Å². The molecule has 1 aliphatic carbocycles. The van der Waals surface area contributed by atoms with Crippen LogP contribution in [0, 0.1) is 6.92 Å². The molecule has 0 spiro atoms. The average molecular weight is 436 g/mol. The number of hydrogen-bond donors (Lipinski definition) is 1. The summed E-state index contributed by atoms with van der Waals surface area (Å²) in [6.45, 7) is 4.37. The minimum Gasteiger partial charge on any atom is -0.490 e. The average Bonchev–Trinajstić information content (AvgIpc) is 3.15. The zero-order valence-electron chi connectivity index (χ0n) is 17.0. The number of anilines is 1. The van der Waals surface area contributed by atoms with Crippen molar-refractivity contribution >= 4 is 34.0 Å². The van der Waals surface area contributed by atoms with E-state index >= 15 is 0 Å². The summed E-state index contributed by atoms with van der Waals surface area (Å²) >= 11 is 1.24. The molecule has 1 aliphatic rings. The van der Waals surface area contributed by atoms with Crippen molar-refractivity contribution in [1.29, 1.82) is 0 Å². The molecule has 0 saturated heterocycles. The third-order valence-corrected chi connectivity index (χ3v) is 5.35. The molecule has 8 nitrogen and oxygen atoms in total. The molecule has 0 saturated carbocycles. The number of ketones is 1. The Kier molecular flexibility index (Phi) is 5.68. The maximum Gasteiger partial charge on any atom is 0.283 e. The van der Waals surface area contributed by atoms with Crippen LogP contribution in [-0.2, 0) is 16.1 Å². The van der Waals surface area contributed by atoms with Crippen molar-refractivity contribution in [2.45, 2.75) is 20.5 Å². The maximum absolute atomic E-state index is 12.6. The van der Waals surface area contributed by atoms with Crippen LogP contribution < -0.4 is 16.0 Å². The van der Waals surface area contributed by atoms with Crippen LogP contribution in [-0.4, -0.2) is 27.0 Å². The number of allylic oxidation sites excluding steroid dienone is 4. The van der Waals surface area contributed by atoms with Gasteiger partial charge in [-0.05, 0) is 55.3 Å². The van der Waals surface area contributed by atoms with Crippen molar-refractivity contribution in [3.05, 3.63) is 80.3 Å². The van der Waals surface area contributed by atoms with Gasteiger partial charge >= 0.3 is 0 Å². The van der Waals surface area contributed by atoms with Gasteiger partial charge in [0, 0.05) is 0 Å². The van der Waals surface area contributed by atoms with Gasteiger partial charge in [-0.3, -0.25) is 9.59 Å². The number of benzene rings is 1. The molecule has 0 unspecified atom stereocenters. The number of fused-ring (bicyclic) bond motifs is 1. The summed E-state index contributed by atoms with van der Waals surface area (Å²) in [6.07, 6.45) is 6.13. The molecule has 2 heterocycles. The SMILES string of the molecule is CCOC1=C/C(=C\c2c(N)n3nc(COc4cccc(C)c4)sc3nc2=O)C=CC1=O. The number of aromatic nitrogens is 3. The Balaban J connectivity index is 1.64. The molecule has 0 fully saturated rings. The lowest BCUT2D eigenvalue weighted by molar-refractivity contribution is -0.114. The number of ether oxygens (including phenoxy) is 2. The summed E-state index contributed by atoms with van der Waals surface area (Å²) in [7, 11) is 0. The molecule has 158 valence electrons. The van der Waals surface area contributed by atoms with E-state index in [2.05, 4.69) is 10.1 Å². The van der Waals surface area contributed by atoms with Gasteiger partial charge in [0.15, 0.2) is 10.8 Å². The van der Waals surface area contributed by atoms with Crippen molar-refractivity contribution in [3.8, 4) is 5.75 Å². The van der Waals surface area contributed by atoms with E-state index in [0.29, 0.717) is 22.1 Å². The third kappa shape index (κ3) is 4.41. The molecule has 4 rings (SSSR count). The Morgan fingerprint density at radius 2 is 2.06 bits per heavy atom. The largest absolute Gasteiger partial charge is 0.490 e. The minimum atomic E-state index is -0.475. The molecular formula is C22H20N4O4S. The number of nitrogens with zero attached hydrogens (tertiary/aromatic N) is 3. The molecule has 3 aromatic rings. The topological polar surface area (TPSA) is 109 Å². The molecular weight excluding hydrogens is 416 g/mol. The second kappa shape index (κ2) is 8.57. The molecule has 1 aromatic carbocycles. The highest BCUT2D eigenvalue weighted by atomic mass is 32.1. The molecule has 0 aliphatic heterocycles. The van der Waals surface area contributed by atoms with Crippen molar-refractivity contribution in [2.24, 2.45) is 0 Å². The van der Waals surface area contributed by atoms with E-state index in [0.717, 1.165) is 11.3 Å². The van der Waals surface area contributed by atoms with Crippen LogP contribution in [0.15, 0.2) is 58.6 Å². The Hall–Kier alpha value is -3.72. The number of rotatable bonds is 6. The van der Waals surface area contributed by atoms with Gasteiger partial charge in [-0.2, -0.15) is 14.6 Å². The molecule has 0 radical (unpaired) electrons. The lowest BCUT2D eigenvalue weighted by atomic mass is 10.0. The maximum atomic E-state index is 12.6. The molecule has 31 heavy (non-hydrogen) atoms. The van der Waals surface area contributed by atoms with Gasteiger partial charge < -0.3 is 15.2 Å². The highest BCUT2D eigenvalue weighted by molar-refractivity contribution is 7.16. The summed E-state index contributed by atoms with van der Waals surface area (Å²) in [5.41, 5.74) is 7.65.